The van der Waals surface area contributed by atoms with Crippen molar-refractivity contribution in [3.63, 3.8) is 0 Å². The minimum atomic E-state index is 0.311. The van der Waals surface area contributed by atoms with Gasteiger partial charge in [-0.1, -0.05) is 25.4 Å². The van der Waals surface area contributed by atoms with Crippen molar-refractivity contribution in [2.24, 2.45) is 5.92 Å². The van der Waals surface area contributed by atoms with Crippen LogP contribution < -0.4 is 0 Å². The van der Waals surface area contributed by atoms with Crippen molar-refractivity contribution in [2.45, 2.75) is 70.9 Å². The Morgan fingerprint density at radius 1 is 1.24 bits per heavy atom. The van der Waals surface area contributed by atoms with E-state index in [1.54, 1.807) is 0 Å². The monoisotopic (exact) mass is 343 g/mol. The first-order valence-corrected chi connectivity index (χ1v) is 9.75. The van der Waals surface area contributed by atoms with Crippen molar-refractivity contribution in [1.29, 1.82) is 0 Å². The average molecular weight is 343 g/mol. The molecule has 0 radical (unpaired) electrons. The summed E-state index contributed by atoms with van der Waals surface area (Å²) < 4.78 is 7.83. The SMILES string of the molecule is CC(C)c1noc(CN2CCCC(c3nccn3CC3CCC3)C2)n1. The van der Waals surface area contributed by atoms with E-state index in [9.17, 15) is 0 Å². The van der Waals surface area contributed by atoms with Crippen LogP contribution in [0.3, 0.4) is 0 Å². The summed E-state index contributed by atoms with van der Waals surface area (Å²) >= 11 is 0. The summed E-state index contributed by atoms with van der Waals surface area (Å²) in [6, 6.07) is 0. The average Bonchev–Trinajstić information content (AvgIpc) is 3.20. The molecule has 2 fully saturated rings. The fourth-order valence-corrected chi connectivity index (χ4v) is 3.96. The summed E-state index contributed by atoms with van der Waals surface area (Å²) in [6.45, 7) is 8.20. The van der Waals surface area contributed by atoms with Gasteiger partial charge in [-0.05, 0) is 38.1 Å². The maximum Gasteiger partial charge on any atom is 0.240 e. The Bertz CT molecular complexity index is 688. The van der Waals surface area contributed by atoms with Crippen LogP contribution in [0.15, 0.2) is 16.9 Å². The van der Waals surface area contributed by atoms with E-state index in [0.29, 0.717) is 11.8 Å². The molecule has 0 bridgehead atoms. The van der Waals surface area contributed by atoms with Crippen molar-refractivity contribution in [3.05, 3.63) is 29.9 Å². The highest BCUT2D eigenvalue weighted by molar-refractivity contribution is 5.04. The van der Waals surface area contributed by atoms with Crippen molar-refractivity contribution in [1.82, 2.24) is 24.6 Å². The predicted molar refractivity (Wildman–Crippen MR) is 95.2 cm³/mol. The molecule has 3 heterocycles. The zero-order valence-electron chi connectivity index (χ0n) is 15.4. The van der Waals surface area contributed by atoms with E-state index in [0.717, 1.165) is 43.8 Å². The van der Waals surface area contributed by atoms with Gasteiger partial charge in [-0.3, -0.25) is 4.90 Å². The smallest absolute Gasteiger partial charge is 0.240 e. The lowest BCUT2D eigenvalue weighted by Crippen LogP contribution is -2.35. The van der Waals surface area contributed by atoms with Crippen molar-refractivity contribution in [3.8, 4) is 0 Å². The van der Waals surface area contributed by atoms with Gasteiger partial charge in [-0.15, -0.1) is 0 Å². The van der Waals surface area contributed by atoms with Crippen molar-refractivity contribution >= 4 is 0 Å². The van der Waals surface area contributed by atoms with Gasteiger partial charge in [0.05, 0.1) is 6.54 Å². The van der Waals surface area contributed by atoms with Crippen LogP contribution >= 0.6 is 0 Å². The van der Waals surface area contributed by atoms with Crippen LogP contribution in [0, 0.1) is 5.92 Å². The molecular formula is C19H29N5O. The second-order valence-electron chi connectivity index (χ2n) is 8.01. The molecule has 25 heavy (non-hydrogen) atoms. The summed E-state index contributed by atoms with van der Waals surface area (Å²) in [4.78, 5) is 11.7. The molecule has 1 atom stereocenters. The Balaban J connectivity index is 1.39. The summed E-state index contributed by atoms with van der Waals surface area (Å²) in [5.41, 5.74) is 0. The lowest BCUT2D eigenvalue weighted by Gasteiger charge is -2.33. The maximum absolute atomic E-state index is 5.43. The van der Waals surface area contributed by atoms with E-state index >= 15 is 0 Å². The van der Waals surface area contributed by atoms with Crippen molar-refractivity contribution in [2.75, 3.05) is 13.1 Å². The van der Waals surface area contributed by atoms with E-state index in [1.165, 1.54) is 37.9 Å². The van der Waals surface area contributed by atoms with Gasteiger partial charge in [0.25, 0.3) is 0 Å². The maximum atomic E-state index is 5.43. The number of nitrogens with zero attached hydrogens (tertiary/aromatic N) is 5. The molecule has 0 spiro atoms. The van der Waals surface area contributed by atoms with Gasteiger partial charge in [0.15, 0.2) is 5.82 Å². The molecule has 1 aliphatic carbocycles. The number of aromatic nitrogens is 4. The minimum Gasteiger partial charge on any atom is -0.338 e. The standard InChI is InChI=1S/C19H29N5O/c1-14(2)18-21-17(25-22-18)13-23-9-4-7-16(12-23)19-20-8-10-24(19)11-15-5-3-6-15/h8,10,14-16H,3-7,9,11-13H2,1-2H3. The van der Waals surface area contributed by atoms with Gasteiger partial charge < -0.3 is 9.09 Å². The van der Waals surface area contributed by atoms with E-state index in [1.807, 2.05) is 6.20 Å². The highest BCUT2D eigenvalue weighted by Gasteiger charge is 2.27. The molecular weight excluding hydrogens is 314 g/mol. The number of likely N-dealkylation sites (tertiary alicyclic amines) is 1. The normalized spacial score (nSPS) is 22.4. The number of piperidine rings is 1. The molecule has 136 valence electrons. The van der Waals surface area contributed by atoms with Gasteiger partial charge in [0, 0.05) is 37.3 Å². The van der Waals surface area contributed by atoms with Crippen LogP contribution in [-0.2, 0) is 13.1 Å². The summed E-state index contributed by atoms with van der Waals surface area (Å²) in [5.74, 6) is 4.49. The van der Waals surface area contributed by atoms with Gasteiger partial charge in [-0.2, -0.15) is 4.98 Å². The van der Waals surface area contributed by atoms with E-state index in [-0.39, 0.29) is 0 Å². The van der Waals surface area contributed by atoms with Crippen LogP contribution in [0.5, 0.6) is 0 Å². The van der Waals surface area contributed by atoms with Crippen LogP contribution in [-0.4, -0.2) is 37.7 Å². The molecule has 4 rings (SSSR count). The fourth-order valence-electron chi connectivity index (χ4n) is 3.96. The molecule has 6 heteroatoms. The largest absolute Gasteiger partial charge is 0.338 e. The van der Waals surface area contributed by atoms with Gasteiger partial charge in [-0.25, -0.2) is 4.98 Å². The van der Waals surface area contributed by atoms with Gasteiger partial charge in [0.2, 0.25) is 5.89 Å². The molecule has 2 aromatic heterocycles. The Morgan fingerprint density at radius 2 is 2.12 bits per heavy atom. The third-order valence-electron chi connectivity index (χ3n) is 5.66. The Hall–Kier alpha value is -1.69. The number of hydrogen-bond acceptors (Lipinski definition) is 5. The van der Waals surface area contributed by atoms with Crippen LogP contribution in [0.1, 0.15) is 75.3 Å². The van der Waals surface area contributed by atoms with Crippen LogP contribution in [0.2, 0.25) is 0 Å². The number of imidazole rings is 1. The highest BCUT2D eigenvalue weighted by atomic mass is 16.5. The fraction of sp³-hybridized carbons (Fsp3) is 0.737. The first-order chi connectivity index (χ1) is 12.2. The minimum absolute atomic E-state index is 0.311. The molecule has 1 saturated heterocycles. The Kier molecular flexibility index (Phi) is 4.88. The second-order valence-corrected chi connectivity index (χ2v) is 8.01. The third-order valence-corrected chi connectivity index (χ3v) is 5.66. The molecule has 2 aliphatic rings. The lowest BCUT2D eigenvalue weighted by atomic mass is 9.85. The van der Waals surface area contributed by atoms with Crippen LogP contribution in [0.25, 0.3) is 0 Å². The summed E-state index contributed by atoms with van der Waals surface area (Å²) in [5, 5.41) is 4.08. The quantitative estimate of drug-likeness (QED) is 0.802. The van der Waals surface area contributed by atoms with E-state index < -0.39 is 0 Å². The molecule has 6 nitrogen and oxygen atoms in total. The third kappa shape index (κ3) is 3.78. The first kappa shape index (κ1) is 16.8. The van der Waals surface area contributed by atoms with E-state index in [4.69, 9.17) is 9.51 Å². The Morgan fingerprint density at radius 3 is 2.84 bits per heavy atom. The van der Waals surface area contributed by atoms with Gasteiger partial charge >= 0.3 is 0 Å². The molecule has 0 amide bonds. The summed E-state index contributed by atoms with van der Waals surface area (Å²) in [7, 11) is 0. The van der Waals surface area contributed by atoms with Crippen LogP contribution in [0.4, 0.5) is 0 Å². The zero-order valence-corrected chi connectivity index (χ0v) is 15.4. The van der Waals surface area contributed by atoms with Gasteiger partial charge in [0.1, 0.15) is 5.82 Å². The molecule has 1 saturated carbocycles. The van der Waals surface area contributed by atoms with E-state index in [2.05, 4.69) is 39.7 Å². The second kappa shape index (κ2) is 7.28. The zero-order chi connectivity index (χ0) is 17.2. The number of rotatable bonds is 6. The Labute approximate surface area is 149 Å². The molecule has 2 aromatic rings. The number of hydrogen-bond donors (Lipinski definition) is 0. The first-order valence-electron chi connectivity index (χ1n) is 9.75. The molecule has 0 aromatic carbocycles. The topological polar surface area (TPSA) is 60.0 Å². The lowest BCUT2D eigenvalue weighted by molar-refractivity contribution is 0.171. The van der Waals surface area contributed by atoms with Crippen molar-refractivity contribution < 1.29 is 4.52 Å². The molecule has 1 unspecified atom stereocenters. The predicted octanol–water partition coefficient (Wildman–Crippen LogP) is 3.57. The summed E-state index contributed by atoms with van der Waals surface area (Å²) in [6.07, 6.45) is 10.7. The molecule has 0 N–H and O–H groups in total. The molecule has 1 aliphatic heterocycles. The highest BCUT2D eigenvalue weighted by Crippen LogP contribution is 2.31.